The molecule has 1 heterocycles. The van der Waals surface area contributed by atoms with E-state index in [1.807, 2.05) is 48.5 Å². The Labute approximate surface area is 112 Å². The van der Waals surface area contributed by atoms with Gasteiger partial charge in [0.2, 0.25) is 5.91 Å². The first-order valence-electron chi connectivity index (χ1n) is 6.19. The number of carbonyl (C=O) groups excluding carboxylic acids is 1. The molecule has 4 heteroatoms. The lowest BCUT2D eigenvalue weighted by Gasteiger charge is -2.05. The van der Waals surface area contributed by atoms with E-state index in [2.05, 4.69) is 10.5 Å². The van der Waals surface area contributed by atoms with Crippen LogP contribution in [0.2, 0.25) is 0 Å². The highest BCUT2D eigenvalue weighted by atomic mass is 16.6. The molecule has 1 amide bonds. The summed E-state index contributed by atoms with van der Waals surface area (Å²) in [5.74, 6) is -0.137. The highest BCUT2D eigenvalue weighted by Crippen LogP contribution is 2.00. The van der Waals surface area contributed by atoms with Crippen LogP contribution >= 0.6 is 0 Å². The molecule has 98 valence electrons. The molecular weight excluding hydrogens is 240 g/mol. The molecule has 2 aromatic rings. The van der Waals surface area contributed by atoms with Crippen molar-refractivity contribution in [2.24, 2.45) is 0 Å². The van der Waals surface area contributed by atoms with Gasteiger partial charge in [0.05, 0.1) is 6.61 Å². The lowest BCUT2D eigenvalue weighted by Crippen LogP contribution is -2.23. The first-order valence-corrected chi connectivity index (χ1v) is 6.19. The van der Waals surface area contributed by atoms with Crippen LogP contribution in [0.15, 0.2) is 54.7 Å². The van der Waals surface area contributed by atoms with Crippen LogP contribution in [-0.2, 0) is 22.7 Å². The van der Waals surface area contributed by atoms with E-state index in [0.29, 0.717) is 19.4 Å². The Balaban J connectivity index is 1.65. The first-order chi connectivity index (χ1) is 9.34. The van der Waals surface area contributed by atoms with Crippen molar-refractivity contribution < 1.29 is 9.63 Å². The van der Waals surface area contributed by atoms with Crippen LogP contribution < -0.4 is 5.48 Å². The van der Waals surface area contributed by atoms with E-state index in [4.69, 9.17) is 4.84 Å². The zero-order chi connectivity index (χ0) is 13.3. The summed E-state index contributed by atoms with van der Waals surface area (Å²) in [7, 11) is 0. The van der Waals surface area contributed by atoms with E-state index in [9.17, 15) is 4.79 Å². The average Bonchev–Trinajstić information content (AvgIpc) is 2.47. The Bertz CT molecular complexity index is 500. The van der Waals surface area contributed by atoms with Gasteiger partial charge in [-0.1, -0.05) is 36.4 Å². The summed E-state index contributed by atoms with van der Waals surface area (Å²) in [6, 6.07) is 15.4. The molecule has 0 spiro atoms. The second-order valence-corrected chi connectivity index (χ2v) is 4.12. The summed E-state index contributed by atoms with van der Waals surface area (Å²) in [5, 5.41) is 0. The number of rotatable bonds is 6. The zero-order valence-electron chi connectivity index (χ0n) is 10.6. The highest BCUT2D eigenvalue weighted by molar-refractivity contribution is 5.74. The van der Waals surface area contributed by atoms with Crippen LogP contribution in [0.25, 0.3) is 0 Å². The SMILES string of the molecule is O=C(CCc1ccccn1)NOCc1ccccc1. The number of hydrogen-bond acceptors (Lipinski definition) is 3. The summed E-state index contributed by atoms with van der Waals surface area (Å²) >= 11 is 0. The van der Waals surface area contributed by atoms with Gasteiger partial charge in [0, 0.05) is 18.3 Å². The molecule has 1 aromatic carbocycles. The van der Waals surface area contributed by atoms with Crippen molar-refractivity contribution >= 4 is 5.91 Å². The fourth-order valence-electron chi connectivity index (χ4n) is 1.61. The van der Waals surface area contributed by atoms with E-state index < -0.39 is 0 Å². The van der Waals surface area contributed by atoms with Gasteiger partial charge in [0.1, 0.15) is 0 Å². The van der Waals surface area contributed by atoms with Gasteiger partial charge >= 0.3 is 0 Å². The van der Waals surface area contributed by atoms with Crippen LogP contribution in [0.1, 0.15) is 17.7 Å². The summed E-state index contributed by atoms with van der Waals surface area (Å²) in [4.78, 5) is 20.9. The quantitative estimate of drug-likeness (QED) is 0.807. The maximum Gasteiger partial charge on any atom is 0.243 e. The van der Waals surface area contributed by atoms with E-state index in [0.717, 1.165) is 11.3 Å². The summed E-state index contributed by atoms with van der Waals surface area (Å²) in [5.41, 5.74) is 4.36. The monoisotopic (exact) mass is 256 g/mol. The van der Waals surface area contributed by atoms with Crippen molar-refractivity contribution in [3.05, 3.63) is 66.0 Å². The van der Waals surface area contributed by atoms with Crippen LogP contribution in [-0.4, -0.2) is 10.9 Å². The Hall–Kier alpha value is -2.20. The minimum atomic E-state index is -0.137. The molecule has 19 heavy (non-hydrogen) atoms. The largest absolute Gasteiger partial charge is 0.273 e. The Morgan fingerprint density at radius 1 is 1.11 bits per heavy atom. The molecule has 0 saturated heterocycles. The standard InChI is InChI=1S/C15H16N2O2/c18-15(10-9-14-8-4-5-11-16-14)17-19-12-13-6-2-1-3-7-13/h1-8,11H,9-10,12H2,(H,17,18). The number of benzene rings is 1. The van der Waals surface area contributed by atoms with Crippen LogP contribution in [0.4, 0.5) is 0 Å². The van der Waals surface area contributed by atoms with E-state index >= 15 is 0 Å². The van der Waals surface area contributed by atoms with E-state index in [1.54, 1.807) is 6.20 Å². The highest BCUT2D eigenvalue weighted by Gasteiger charge is 2.02. The van der Waals surface area contributed by atoms with Gasteiger partial charge < -0.3 is 0 Å². The molecule has 0 saturated carbocycles. The fraction of sp³-hybridized carbons (Fsp3) is 0.200. The van der Waals surface area contributed by atoms with Crippen molar-refractivity contribution in [1.82, 2.24) is 10.5 Å². The molecule has 0 aliphatic rings. The van der Waals surface area contributed by atoms with Crippen molar-refractivity contribution in [2.45, 2.75) is 19.4 Å². The summed E-state index contributed by atoms with van der Waals surface area (Å²) < 4.78 is 0. The molecule has 4 nitrogen and oxygen atoms in total. The van der Waals surface area contributed by atoms with Crippen molar-refractivity contribution in [3.8, 4) is 0 Å². The minimum Gasteiger partial charge on any atom is -0.273 e. The number of hydrogen-bond donors (Lipinski definition) is 1. The third kappa shape index (κ3) is 4.89. The van der Waals surface area contributed by atoms with Gasteiger partial charge in [0.15, 0.2) is 0 Å². The topological polar surface area (TPSA) is 51.2 Å². The van der Waals surface area contributed by atoms with Gasteiger partial charge in [-0.25, -0.2) is 5.48 Å². The third-order valence-corrected chi connectivity index (χ3v) is 2.60. The number of hydroxylamine groups is 1. The van der Waals surface area contributed by atoms with Gasteiger partial charge in [0.25, 0.3) is 0 Å². The Morgan fingerprint density at radius 2 is 1.89 bits per heavy atom. The Kier molecular flexibility index (Phi) is 5.07. The van der Waals surface area contributed by atoms with E-state index in [-0.39, 0.29) is 5.91 Å². The zero-order valence-corrected chi connectivity index (χ0v) is 10.6. The maximum absolute atomic E-state index is 11.5. The van der Waals surface area contributed by atoms with Crippen molar-refractivity contribution in [3.63, 3.8) is 0 Å². The second kappa shape index (κ2) is 7.28. The van der Waals surface area contributed by atoms with Crippen molar-refractivity contribution in [2.75, 3.05) is 0 Å². The molecule has 1 N–H and O–H groups in total. The van der Waals surface area contributed by atoms with Crippen LogP contribution in [0.5, 0.6) is 0 Å². The van der Waals surface area contributed by atoms with E-state index in [1.165, 1.54) is 0 Å². The molecule has 0 atom stereocenters. The second-order valence-electron chi connectivity index (χ2n) is 4.12. The van der Waals surface area contributed by atoms with Crippen LogP contribution in [0, 0.1) is 0 Å². The predicted octanol–water partition coefficient (Wildman–Crippen LogP) is 2.26. The molecule has 0 aliphatic carbocycles. The number of amides is 1. The molecule has 0 radical (unpaired) electrons. The molecule has 0 unspecified atom stereocenters. The minimum absolute atomic E-state index is 0.137. The number of carbonyl (C=O) groups is 1. The van der Waals surface area contributed by atoms with Gasteiger partial charge in [-0.15, -0.1) is 0 Å². The fourth-order valence-corrected chi connectivity index (χ4v) is 1.61. The number of nitrogens with zero attached hydrogens (tertiary/aromatic N) is 1. The Morgan fingerprint density at radius 3 is 2.63 bits per heavy atom. The van der Waals surface area contributed by atoms with Gasteiger partial charge in [-0.3, -0.25) is 14.6 Å². The summed E-state index contributed by atoms with van der Waals surface area (Å²) in [6.07, 6.45) is 2.70. The number of aromatic nitrogens is 1. The molecule has 0 bridgehead atoms. The number of pyridine rings is 1. The molecule has 2 rings (SSSR count). The molecular formula is C15H16N2O2. The molecule has 0 fully saturated rings. The van der Waals surface area contributed by atoms with Crippen LogP contribution in [0.3, 0.4) is 0 Å². The number of aryl methyl sites for hydroxylation is 1. The number of nitrogens with one attached hydrogen (secondary N) is 1. The van der Waals surface area contributed by atoms with Gasteiger partial charge in [-0.2, -0.15) is 0 Å². The maximum atomic E-state index is 11.5. The smallest absolute Gasteiger partial charge is 0.243 e. The summed E-state index contributed by atoms with van der Waals surface area (Å²) in [6.45, 7) is 0.371. The first kappa shape index (κ1) is 13.2. The lowest BCUT2D eigenvalue weighted by molar-refractivity contribution is -0.134. The normalized spacial score (nSPS) is 10.1. The molecule has 0 aliphatic heterocycles. The molecule has 1 aromatic heterocycles. The predicted molar refractivity (Wildman–Crippen MR) is 71.9 cm³/mol. The van der Waals surface area contributed by atoms with Gasteiger partial charge in [-0.05, 0) is 24.1 Å². The average molecular weight is 256 g/mol. The third-order valence-electron chi connectivity index (χ3n) is 2.60. The lowest BCUT2D eigenvalue weighted by atomic mass is 10.2. The van der Waals surface area contributed by atoms with Crippen molar-refractivity contribution in [1.29, 1.82) is 0 Å².